The zero-order valence-electron chi connectivity index (χ0n) is 13.8. The van der Waals surface area contributed by atoms with Gasteiger partial charge in [0.1, 0.15) is 11.6 Å². The van der Waals surface area contributed by atoms with Crippen molar-refractivity contribution in [3.05, 3.63) is 29.6 Å². The van der Waals surface area contributed by atoms with Gasteiger partial charge >= 0.3 is 12.0 Å². The molecule has 2 amide bonds. The maximum Gasteiger partial charge on any atom is 0.315 e. The molecule has 0 radical (unpaired) electrons. The average Bonchev–Trinajstić information content (AvgIpc) is 2.54. The summed E-state index contributed by atoms with van der Waals surface area (Å²) in [5.41, 5.74) is 0.296. The molecule has 1 aliphatic carbocycles. The van der Waals surface area contributed by atoms with Crippen LogP contribution in [-0.2, 0) is 4.79 Å². The van der Waals surface area contributed by atoms with Gasteiger partial charge in [-0.1, -0.05) is 6.07 Å². The highest BCUT2D eigenvalue weighted by Gasteiger charge is 2.27. The molecule has 0 aromatic heterocycles. The van der Waals surface area contributed by atoms with Gasteiger partial charge in [-0.15, -0.1) is 0 Å². The SMILES string of the molecule is COc1cccc(F)c1C(C)NC(=O)NC1CCC(C(=O)O)CC1. The maximum absolute atomic E-state index is 14.0. The summed E-state index contributed by atoms with van der Waals surface area (Å²) in [5, 5.41) is 14.5. The van der Waals surface area contributed by atoms with Crippen molar-refractivity contribution in [2.45, 2.75) is 44.7 Å². The van der Waals surface area contributed by atoms with Crippen molar-refractivity contribution in [1.82, 2.24) is 10.6 Å². The van der Waals surface area contributed by atoms with Crippen LogP contribution in [0.4, 0.5) is 9.18 Å². The van der Waals surface area contributed by atoms with Crippen LogP contribution in [0.15, 0.2) is 18.2 Å². The highest BCUT2D eigenvalue weighted by molar-refractivity contribution is 5.75. The zero-order valence-corrected chi connectivity index (χ0v) is 13.8. The lowest BCUT2D eigenvalue weighted by Gasteiger charge is -2.27. The van der Waals surface area contributed by atoms with Crippen LogP contribution in [0.2, 0.25) is 0 Å². The largest absolute Gasteiger partial charge is 0.496 e. The number of methoxy groups -OCH3 is 1. The van der Waals surface area contributed by atoms with E-state index in [1.54, 1.807) is 19.1 Å². The number of urea groups is 1. The fraction of sp³-hybridized carbons (Fsp3) is 0.529. The molecule has 0 bridgehead atoms. The molecular weight excluding hydrogens is 315 g/mol. The van der Waals surface area contributed by atoms with Crippen molar-refractivity contribution in [3.8, 4) is 5.75 Å². The Balaban J connectivity index is 1.90. The minimum atomic E-state index is -0.779. The Bertz CT molecular complexity index is 600. The third-order valence-corrected chi connectivity index (χ3v) is 4.43. The van der Waals surface area contributed by atoms with Gasteiger partial charge in [0.2, 0.25) is 0 Å². The van der Waals surface area contributed by atoms with E-state index in [1.807, 2.05) is 0 Å². The van der Waals surface area contributed by atoms with Gasteiger partial charge < -0.3 is 20.5 Å². The number of aliphatic carboxylic acids is 1. The van der Waals surface area contributed by atoms with Crippen molar-refractivity contribution in [2.24, 2.45) is 5.92 Å². The number of hydrogen-bond acceptors (Lipinski definition) is 3. The fourth-order valence-corrected chi connectivity index (χ4v) is 3.10. The summed E-state index contributed by atoms with van der Waals surface area (Å²) in [6, 6.07) is 3.49. The molecule has 132 valence electrons. The molecule has 1 aliphatic rings. The van der Waals surface area contributed by atoms with Crippen molar-refractivity contribution in [2.75, 3.05) is 7.11 Å². The molecule has 6 nitrogen and oxygen atoms in total. The van der Waals surface area contributed by atoms with Gasteiger partial charge in [-0.2, -0.15) is 0 Å². The number of hydrogen-bond donors (Lipinski definition) is 3. The molecule has 1 aromatic carbocycles. The third-order valence-electron chi connectivity index (χ3n) is 4.43. The van der Waals surface area contributed by atoms with Gasteiger partial charge in [-0.25, -0.2) is 9.18 Å². The Morgan fingerprint density at radius 3 is 2.54 bits per heavy atom. The van der Waals surface area contributed by atoms with Crippen molar-refractivity contribution < 1.29 is 23.8 Å². The van der Waals surface area contributed by atoms with Crippen LogP contribution in [0.1, 0.15) is 44.2 Å². The van der Waals surface area contributed by atoms with Gasteiger partial charge in [-0.05, 0) is 44.7 Å². The van der Waals surface area contributed by atoms with E-state index < -0.39 is 23.9 Å². The van der Waals surface area contributed by atoms with Crippen LogP contribution in [0.3, 0.4) is 0 Å². The van der Waals surface area contributed by atoms with E-state index in [9.17, 15) is 14.0 Å². The first-order valence-electron chi connectivity index (χ1n) is 8.04. The van der Waals surface area contributed by atoms with E-state index in [0.717, 1.165) is 0 Å². The molecule has 24 heavy (non-hydrogen) atoms. The van der Waals surface area contributed by atoms with Gasteiger partial charge in [-0.3, -0.25) is 4.79 Å². The molecule has 3 N–H and O–H groups in total. The fourth-order valence-electron chi connectivity index (χ4n) is 3.10. The molecule has 0 aliphatic heterocycles. The summed E-state index contributed by atoms with van der Waals surface area (Å²) in [5.74, 6) is -1.17. The maximum atomic E-state index is 14.0. The standard InChI is InChI=1S/C17H23FN2O4/c1-10(15-13(18)4-3-5-14(15)24-2)19-17(23)20-12-8-6-11(7-9-12)16(21)22/h3-5,10-12H,6-9H2,1-2H3,(H,21,22)(H2,19,20,23). The van der Waals surface area contributed by atoms with Crippen LogP contribution in [-0.4, -0.2) is 30.3 Å². The second-order valence-electron chi connectivity index (χ2n) is 6.08. The molecule has 1 atom stereocenters. The van der Waals surface area contributed by atoms with Crippen molar-refractivity contribution in [1.29, 1.82) is 0 Å². The number of ether oxygens (including phenoxy) is 1. The molecule has 1 aromatic rings. The first kappa shape index (κ1) is 18.0. The van der Waals surface area contributed by atoms with Gasteiger partial charge in [0.05, 0.1) is 24.6 Å². The lowest BCUT2D eigenvalue weighted by molar-refractivity contribution is -0.142. The van der Waals surface area contributed by atoms with Crippen LogP contribution < -0.4 is 15.4 Å². The highest BCUT2D eigenvalue weighted by Crippen LogP contribution is 2.28. The zero-order chi connectivity index (χ0) is 17.7. The summed E-state index contributed by atoms with van der Waals surface area (Å²) in [4.78, 5) is 23.1. The molecule has 7 heteroatoms. The Morgan fingerprint density at radius 2 is 1.96 bits per heavy atom. The summed E-state index contributed by atoms with van der Waals surface area (Å²) in [6.45, 7) is 1.68. The normalized spacial score (nSPS) is 21.6. The smallest absolute Gasteiger partial charge is 0.315 e. The van der Waals surface area contributed by atoms with E-state index in [0.29, 0.717) is 37.0 Å². The number of amides is 2. The number of carbonyl (C=O) groups is 2. The van der Waals surface area contributed by atoms with Gasteiger partial charge in [0.25, 0.3) is 0 Å². The highest BCUT2D eigenvalue weighted by atomic mass is 19.1. The molecule has 0 spiro atoms. The van der Waals surface area contributed by atoms with E-state index in [-0.39, 0.29) is 12.0 Å². The van der Waals surface area contributed by atoms with E-state index >= 15 is 0 Å². The first-order valence-corrected chi connectivity index (χ1v) is 8.04. The second kappa shape index (κ2) is 7.99. The van der Waals surface area contributed by atoms with Gasteiger partial charge in [0, 0.05) is 6.04 Å². The summed E-state index contributed by atoms with van der Waals surface area (Å²) in [6.07, 6.45) is 2.36. The van der Waals surface area contributed by atoms with Crippen LogP contribution in [0, 0.1) is 11.7 Å². The number of nitrogens with one attached hydrogen (secondary N) is 2. The number of benzene rings is 1. The quantitative estimate of drug-likeness (QED) is 0.770. The minimum Gasteiger partial charge on any atom is -0.496 e. The Labute approximate surface area is 140 Å². The van der Waals surface area contributed by atoms with E-state index in [1.165, 1.54) is 13.2 Å². The Hall–Kier alpha value is -2.31. The predicted octanol–water partition coefficient (Wildman–Crippen LogP) is 2.84. The van der Waals surface area contributed by atoms with Crippen molar-refractivity contribution >= 4 is 12.0 Å². The van der Waals surface area contributed by atoms with Crippen LogP contribution in [0.5, 0.6) is 5.75 Å². The molecule has 0 heterocycles. The molecule has 1 saturated carbocycles. The monoisotopic (exact) mass is 338 g/mol. The lowest BCUT2D eigenvalue weighted by Crippen LogP contribution is -2.45. The number of carbonyl (C=O) groups excluding carboxylic acids is 1. The van der Waals surface area contributed by atoms with Crippen LogP contribution in [0.25, 0.3) is 0 Å². The number of halogens is 1. The second-order valence-corrected chi connectivity index (χ2v) is 6.08. The lowest BCUT2D eigenvalue weighted by atomic mass is 9.86. The molecule has 0 saturated heterocycles. The number of carboxylic acid groups (broad SMARTS) is 1. The number of carboxylic acids is 1. The minimum absolute atomic E-state index is 0.0599. The predicted molar refractivity (Wildman–Crippen MR) is 86.4 cm³/mol. The Kier molecular flexibility index (Phi) is 6.00. The summed E-state index contributed by atoms with van der Waals surface area (Å²) >= 11 is 0. The summed E-state index contributed by atoms with van der Waals surface area (Å²) < 4.78 is 19.2. The average molecular weight is 338 g/mol. The topological polar surface area (TPSA) is 87.7 Å². The van der Waals surface area contributed by atoms with Crippen molar-refractivity contribution in [3.63, 3.8) is 0 Å². The molecular formula is C17H23FN2O4. The van der Waals surface area contributed by atoms with E-state index in [2.05, 4.69) is 10.6 Å². The van der Waals surface area contributed by atoms with E-state index in [4.69, 9.17) is 9.84 Å². The molecule has 1 fully saturated rings. The Morgan fingerprint density at radius 1 is 1.29 bits per heavy atom. The molecule has 1 unspecified atom stereocenters. The summed E-state index contributed by atoms with van der Waals surface area (Å²) in [7, 11) is 1.45. The van der Waals surface area contributed by atoms with Gasteiger partial charge in [0.15, 0.2) is 0 Å². The first-order chi connectivity index (χ1) is 11.4. The number of rotatable bonds is 5. The third kappa shape index (κ3) is 4.37. The molecule has 2 rings (SSSR count). The van der Waals surface area contributed by atoms with Crippen LogP contribution >= 0.6 is 0 Å².